The van der Waals surface area contributed by atoms with Gasteiger partial charge in [0.1, 0.15) is 18.1 Å². The predicted molar refractivity (Wildman–Crippen MR) is 161 cm³/mol. The van der Waals surface area contributed by atoms with Crippen LogP contribution in [0.15, 0.2) is 65.7 Å². The number of nitrogens with two attached hydrogens (primary N) is 1. The summed E-state index contributed by atoms with van der Waals surface area (Å²) in [6.45, 7) is 3.51. The Kier molecular flexibility index (Phi) is 12.3. The molecule has 2 aromatic rings. The highest BCUT2D eigenvalue weighted by Gasteiger charge is 2.36. The number of hydrogen-bond donors (Lipinski definition) is 8. The summed E-state index contributed by atoms with van der Waals surface area (Å²) in [6.07, 6.45) is 0.768. The van der Waals surface area contributed by atoms with Gasteiger partial charge >= 0.3 is 12.0 Å². The Morgan fingerprint density at radius 2 is 1.51 bits per heavy atom. The number of nitrogens with zero attached hydrogens (tertiary/aromatic N) is 1. The molecule has 5 unspecified atom stereocenters. The molecule has 1 heterocycles. The van der Waals surface area contributed by atoms with E-state index in [1.165, 1.54) is 0 Å². The molecule has 1 aliphatic rings. The van der Waals surface area contributed by atoms with Crippen molar-refractivity contribution in [1.82, 2.24) is 26.6 Å². The summed E-state index contributed by atoms with van der Waals surface area (Å²) in [7, 11) is 0. The van der Waals surface area contributed by atoms with Crippen molar-refractivity contribution in [3.8, 4) is 0 Å². The monoisotopic (exact) mass is 595 g/mol. The van der Waals surface area contributed by atoms with E-state index in [-0.39, 0.29) is 24.9 Å². The summed E-state index contributed by atoms with van der Waals surface area (Å²) >= 11 is 0. The van der Waals surface area contributed by atoms with Gasteiger partial charge < -0.3 is 42.5 Å². The van der Waals surface area contributed by atoms with E-state index < -0.39 is 54.0 Å². The molecule has 0 aromatic heterocycles. The average Bonchev–Trinajstić information content (AvgIpc) is 2.98. The van der Waals surface area contributed by atoms with E-state index in [2.05, 4.69) is 31.6 Å². The molecular formula is C30H41N7O6. The Bertz CT molecular complexity index is 1260. The third-order valence-electron chi connectivity index (χ3n) is 7.05. The van der Waals surface area contributed by atoms with Crippen LogP contribution < -0.4 is 32.3 Å². The van der Waals surface area contributed by atoms with Crippen LogP contribution in [-0.4, -0.2) is 83.3 Å². The number of amides is 4. The Balaban J connectivity index is 1.73. The van der Waals surface area contributed by atoms with Crippen LogP contribution in [0, 0.1) is 5.92 Å². The van der Waals surface area contributed by atoms with Gasteiger partial charge in [0.25, 0.3) is 0 Å². The molecule has 13 nitrogen and oxygen atoms in total. The molecular weight excluding hydrogens is 554 g/mol. The number of hydrogen-bond acceptors (Lipinski definition) is 8. The van der Waals surface area contributed by atoms with E-state index in [0.717, 1.165) is 5.56 Å². The van der Waals surface area contributed by atoms with Gasteiger partial charge in [0.05, 0.1) is 18.7 Å². The quantitative estimate of drug-likeness (QED) is 0.147. The van der Waals surface area contributed by atoms with Crippen LogP contribution in [0.4, 0.5) is 4.79 Å². The van der Waals surface area contributed by atoms with Gasteiger partial charge in [0.2, 0.25) is 11.8 Å². The zero-order valence-electron chi connectivity index (χ0n) is 24.3. The first-order valence-electron chi connectivity index (χ1n) is 14.2. The van der Waals surface area contributed by atoms with E-state index in [9.17, 15) is 29.4 Å². The number of carboxylic acids is 1. The number of urea groups is 1. The number of carbonyl (C=O) groups is 4. The minimum atomic E-state index is -1.26. The van der Waals surface area contributed by atoms with Crippen molar-refractivity contribution in [3.05, 3.63) is 71.8 Å². The van der Waals surface area contributed by atoms with Gasteiger partial charge in [-0.2, -0.15) is 0 Å². The molecule has 232 valence electrons. The summed E-state index contributed by atoms with van der Waals surface area (Å²) in [6, 6.07) is 12.6. The first-order chi connectivity index (χ1) is 20.6. The molecule has 0 spiro atoms. The molecule has 0 aliphatic carbocycles. The number of benzene rings is 2. The maximum atomic E-state index is 13.6. The lowest BCUT2D eigenvalue weighted by Crippen LogP contribution is -2.65. The molecule has 0 fully saturated rings. The van der Waals surface area contributed by atoms with Gasteiger partial charge in [0.15, 0.2) is 5.96 Å². The molecule has 9 N–H and O–H groups in total. The first kappa shape index (κ1) is 32.9. The number of nitrogens with one attached hydrogen (secondary N) is 5. The van der Waals surface area contributed by atoms with E-state index in [1.807, 2.05) is 30.3 Å². The average molecular weight is 596 g/mol. The Morgan fingerprint density at radius 1 is 0.907 bits per heavy atom. The Hall–Kier alpha value is -4.65. The van der Waals surface area contributed by atoms with Crippen LogP contribution in [0.2, 0.25) is 0 Å². The molecule has 1 aliphatic heterocycles. The Labute approximate surface area is 250 Å². The smallest absolute Gasteiger partial charge is 0.326 e. The lowest BCUT2D eigenvalue weighted by Gasteiger charge is -2.32. The molecule has 0 radical (unpaired) electrons. The topological polar surface area (TPSA) is 207 Å². The van der Waals surface area contributed by atoms with Gasteiger partial charge in [0, 0.05) is 13.0 Å². The highest BCUT2D eigenvalue weighted by atomic mass is 16.4. The van der Waals surface area contributed by atoms with Crippen molar-refractivity contribution in [2.24, 2.45) is 16.6 Å². The zero-order valence-corrected chi connectivity index (χ0v) is 24.3. The lowest BCUT2D eigenvalue weighted by atomic mass is 9.98. The van der Waals surface area contributed by atoms with Crippen molar-refractivity contribution in [1.29, 1.82) is 0 Å². The fraction of sp³-hybridized carbons (Fsp3) is 0.433. The van der Waals surface area contributed by atoms with E-state index in [4.69, 9.17) is 5.73 Å². The standard InChI is InChI=1S/C30H41N7O6/c1-18(2)24(26(39)33-21(17-38)15-19-9-5-3-6-10-19)36-27(40)25(22-13-14-32-29(31)34-22)37-30(43)35-23(28(41)42)16-20-11-7-4-8-12-20/h3-12,18,21-25,38H,13-17H2,1-2H3,(H,33,39)(H,36,40)(H,41,42)(H3,31,32,34)(H2,35,37,43). The first-order valence-corrected chi connectivity index (χ1v) is 14.2. The number of aliphatic carboxylic acids is 1. The van der Waals surface area contributed by atoms with Gasteiger partial charge in [-0.25, -0.2) is 9.59 Å². The van der Waals surface area contributed by atoms with E-state index in [0.29, 0.717) is 24.9 Å². The number of aliphatic hydroxyl groups excluding tert-OH is 1. The van der Waals surface area contributed by atoms with Gasteiger partial charge in [-0.3, -0.25) is 14.6 Å². The van der Waals surface area contributed by atoms with Crippen molar-refractivity contribution in [3.63, 3.8) is 0 Å². The maximum absolute atomic E-state index is 13.6. The van der Waals surface area contributed by atoms with Crippen LogP contribution in [0.5, 0.6) is 0 Å². The number of rotatable bonds is 14. The third-order valence-corrected chi connectivity index (χ3v) is 7.05. The highest BCUT2D eigenvalue weighted by Crippen LogP contribution is 2.10. The molecule has 0 saturated carbocycles. The second-order valence-corrected chi connectivity index (χ2v) is 10.8. The van der Waals surface area contributed by atoms with Crippen molar-refractivity contribution in [2.75, 3.05) is 13.2 Å². The number of carboxylic acid groups (broad SMARTS) is 1. The van der Waals surface area contributed by atoms with E-state index >= 15 is 0 Å². The normalized spacial score (nSPS) is 17.3. The number of guanidine groups is 1. The predicted octanol–water partition coefficient (Wildman–Crippen LogP) is -0.113. The highest BCUT2D eigenvalue weighted by molar-refractivity contribution is 5.94. The summed E-state index contributed by atoms with van der Waals surface area (Å²) in [5, 5.41) is 33.0. The largest absolute Gasteiger partial charge is 0.480 e. The fourth-order valence-corrected chi connectivity index (χ4v) is 4.75. The third kappa shape index (κ3) is 10.3. The Morgan fingerprint density at radius 3 is 2.05 bits per heavy atom. The van der Waals surface area contributed by atoms with Crippen molar-refractivity contribution in [2.45, 2.75) is 63.3 Å². The van der Waals surface area contributed by atoms with Crippen LogP contribution in [0.3, 0.4) is 0 Å². The van der Waals surface area contributed by atoms with Crippen LogP contribution in [0.1, 0.15) is 31.4 Å². The second kappa shape index (κ2) is 16.1. The van der Waals surface area contributed by atoms with Gasteiger partial charge in [-0.15, -0.1) is 0 Å². The molecule has 3 rings (SSSR count). The zero-order chi connectivity index (χ0) is 31.4. The summed E-state index contributed by atoms with van der Waals surface area (Å²) in [5.41, 5.74) is 7.48. The molecule has 0 saturated heterocycles. The van der Waals surface area contributed by atoms with Crippen molar-refractivity contribution < 1.29 is 29.4 Å². The number of carbonyl (C=O) groups excluding carboxylic acids is 3. The van der Waals surface area contributed by atoms with Crippen LogP contribution in [-0.2, 0) is 27.2 Å². The van der Waals surface area contributed by atoms with Crippen LogP contribution >= 0.6 is 0 Å². The molecule has 4 amide bonds. The summed E-state index contributed by atoms with van der Waals surface area (Å²) < 4.78 is 0. The molecule has 43 heavy (non-hydrogen) atoms. The van der Waals surface area contributed by atoms with Crippen LogP contribution in [0.25, 0.3) is 0 Å². The SMILES string of the molecule is CC(C)C(NC(=O)C(NC(=O)NC(Cc1ccccc1)C(=O)O)C1CCN=C(N)N1)C(=O)NC(CO)Cc1ccccc1. The fourth-order valence-electron chi connectivity index (χ4n) is 4.75. The van der Waals surface area contributed by atoms with Gasteiger partial charge in [-0.1, -0.05) is 74.5 Å². The number of aliphatic hydroxyl groups is 1. The summed E-state index contributed by atoms with van der Waals surface area (Å²) in [5.74, 6) is -2.66. The minimum Gasteiger partial charge on any atom is -0.480 e. The molecule has 13 heteroatoms. The second-order valence-electron chi connectivity index (χ2n) is 10.8. The summed E-state index contributed by atoms with van der Waals surface area (Å²) in [4.78, 5) is 55.9. The van der Waals surface area contributed by atoms with E-state index in [1.54, 1.807) is 44.2 Å². The maximum Gasteiger partial charge on any atom is 0.326 e. The molecule has 2 aromatic carbocycles. The lowest BCUT2D eigenvalue weighted by molar-refractivity contribution is -0.139. The molecule has 5 atom stereocenters. The van der Waals surface area contributed by atoms with Crippen molar-refractivity contribution >= 4 is 29.8 Å². The molecule has 0 bridgehead atoms. The minimum absolute atomic E-state index is 0.0341. The van der Waals surface area contributed by atoms with Gasteiger partial charge in [-0.05, 0) is 29.9 Å². The number of aliphatic imine (C=N–C) groups is 1.